The van der Waals surface area contributed by atoms with E-state index in [0.717, 1.165) is 23.5 Å². The molecule has 0 saturated heterocycles. The van der Waals surface area contributed by atoms with Crippen molar-refractivity contribution in [2.75, 3.05) is 4.90 Å². The van der Waals surface area contributed by atoms with E-state index >= 15 is 0 Å². The maximum absolute atomic E-state index is 2.41. The van der Waals surface area contributed by atoms with E-state index in [0.29, 0.717) is 0 Å². The number of fused-ring (bicyclic) bond motifs is 2. The van der Waals surface area contributed by atoms with Crippen LogP contribution in [0.1, 0.15) is 11.1 Å². The van der Waals surface area contributed by atoms with Gasteiger partial charge in [-0.2, -0.15) is 0 Å². The normalized spacial score (nSPS) is 11.7. The fourth-order valence-electron chi connectivity index (χ4n) is 6.46. The summed E-state index contributed by atoms with van der Waals surface area (Å²) in [6.07, 6.45) is 0.967. The largest absolute Gasteiger partial charge is 0.310 e. The van der Waals surface area contributed by atoms with Gasteiger partial charge in [0.2, 0.25) is 0 Å². The van der Waals surface area contributed by atoms with Gasteiger partial charge in [0, 0.05) is 17.1 Å². The lowest BCUT2D eigenvalue weighted by Crippen LogP contribution is -2.10. The summed E-state index contributed by atoms with van der Waals surface area (Å²) in [5.41, 5.74) is 13.7. The molecule has 198 valence electrons. The van der Waals surface area contributed by atoms with E-state index in [1.807, 2.05) is 0 Å². The van der Waals surface area contributed by atoms with E-state index in [4.69, 9.17) is 0 Å². The lowest BCUT2D eigenvalue weighted by molar-refractivity contribution is 1.20. The van der Waals surface area contributed by atoms with Gasteiger partial charge in [0.25, 0.3) is 0 Å². The number of nitrogens with zero attached hydrogens (tertiary/aromatic N) is 1. The second-order valence-electron chi connectivity index (χ2n) is 11.0. The summed E-state index contributed by atoms with van der Waals surface area (Å²) < 4.78 is 0. The molecule has 7 aromatic rings. The summed E-state index contributed by atoms with van der Waals surface area (Å²) in [5.74, 6) is 0. The lowest BCUT2D eigenvalue weighted by atomic mass is 9.82. The van der Waals surface area contributed by atoms with Gasteiger partial charge >= 0.3 is 0 Å². The smallest absolute Gasteiger partial charge is 0.0473 e. The van der Waals surface area contributed by atoms with Crippen molar-refractivity contribution in [2.45, 2.75) is 6.42 Å². The van der Waals surface area contributed by atoms with Crippen molar-refractivity contribution in [3.05, 3.63) is 175 Å². The van der Waals surface area contributed by atoms with E-state index in [1.165, 1.54) is 55.3 Å². The van der Waals surface area contributed by atoms with Crippen LogP contribution >= 0.6 is 0 Å². The van der Waals surface area contributed by atoms with Crippen LogP contribution in [0.4, 0.5) is 17.1 Å². The molecule has 0 amide bonds. The molecule has 8 rings (SSSR count). The van der Waals surface area contributed by atoms with Crippen LogP contribution in [0.3, 0.4) is 0 Å². The van der Waals surface area contributed by atoms with Crippen LogP contribution in [0.5, 0.6) is 0 Å². The first-order valence-electron chi connectivity index (χ1n) is 14.6. The van der Waals surface area contributed by atoms with Crippen LogP contribution in [0.25, 0.3) is 44.2 Å². The molecule has 0 saturated carbocycles. The molecule has 0 fully saturated rings. The molecule has 0 unspecified atom stereocenters. The zero-order chi connectivity index (χ0) is 27.9. The highest BCUT2D eigenvalue weighted by atomic mass is 15.1. The summed E-state index contributed by atoms with van der Waals surface area (Å²) in [4.78, 5) is 2.35. The summed E-state index contributed by atoms with van der Waals surface area (Å²) in [6, 6.07) is 59.4. The Labute approximate surface area is 247 Å². The SMILES string of the molecule is c1ccc(-c2cc(-c3ccc4c(c3)-c3cccc5cccc(c35)C4)cc(N(c3ccccc3)c3ccccc3)c2)cc1. The molecular weight excluding hydrogens is 506 g/mol. The Bertz CT molecular complexity index is 2000. The van der Waals surface area contributed by atoms with Crippen LogP contribution in [0.15, 0.2) is 164 Å². The Hall–Kier alpha value is -5.40. The van der Waals surface area contributed by atoms with E-state index in [9.17, 15) is 0 Å². The van der Waals surface area contributed by atoms with E-state index < -0.39 is 0 Å². The predicted octanol–water partition coefficient (Wildman–Crippen LogP) is 11.2. The Morgan fingerprint density at radius 2 is 0.976 bits per heavy atom. The molecule has 0 bridgehead atoms. The van der Waals surface area contributed by atoms with Crippen LogP contribution in [-0.4, -0.2) is 0 Å². The Kier molecular flexibility index (Phi) is 5.93. The molecule has 0 atom stereocenters. The Morgan fingerprint density at radius 1 is 0.357 bits per heavy atom. The number of anilines is 3. The molecule has 1 aliphatic carbocycles. The maximum atomic E-state index is 2.41. The lowest BCUT2D eigenvalue weighted by Gasteiger charge is -2.27. The zero-order valence-corrected chi connectivity index (χ0v) is 23.2. The van der Waals surface area contributed by atoms with Crippen LogP contribution < -0.4 is 4.90 Å². The van der Waals surface area contributed by atoms with Crippen molar-refractivity contribution in [3.8, 4) is 33.4 Å². The van der Waals surface area contributed by atoms with Gasteiger partial charge in [0.1, 0.15) is 0 Å². The average molecular weight is 536 g/mol. The third kappa shape index (κ3) is 4.27. The first-order chi connectivity index (χ1) is 20.8. The van der Waals surface area contributed by atoms with E-state index in [1.54, 1.807) is 0 Å². The summed E-state index contributed by atoms with van der Waals surface area (Å²) in [7, 11) is 0. The van der Waals surface area contributed by atoms with Gasteiger partial charge in [-0.25, -0.2) is 0 Å². The highest BCUT2D eigenvalue weighted by molar-refractivity contribution is 6.02. The molecule has 7 aromatic carbocycles. The maximum Gasteiger partial charge on any atom is 0.0473 e. The van der Waals surface area contributed by atoms with E-state index in [2.05, 4.69) is 169 Å². The number of benzene rings is 7. The zero-order valence-electron chi connectivity index (χ0n) is 23.2. The Balaban J connectivity index is 1.34. The summed E-state index contributed by atoms with van der Waals surface area (Å²) in [5, 5.41) is 2.71. The highest BCUT2D eigenvalue weighted by Crippen LogP contribution is 2.43. The van der Waals surface area contributed by atoms with Crippen molar-refractivity contribution in [1.29, 1.82) is 0 Å². The fourth-order valence-corrected chi connectivity index (χ4v) is 6.46. The standard InChI is InChI=1S/C41H29N/c1-4-12-29(13-5-1)34-25-35(27-38(26-34)42(36-17-6-2-7-18-36)37-19-8-3-9-20-37)31-22-23-32-24-33-16-10-14-30-15-11-21-39(41(30)33)40(32)28-31/h1-23,25-28H,24H2. The van der Waals surface area contributed by atoms with Crippen LogP contribution in [0, 0.1) is 0 Å². The summed E-state index contributed by atoms with van der Waals surface area (Å²) >= 11 is 0. The molecule has 0 aliphatic heterocycles. The van der Waals surface area contributed by atoms with Gasteiger partial charge in [-0.05, 0) is 110 Å². The topological polar surface area (TPSA) is 3.24 Å². The van der Waals surface area contributed by atoms with Crippen molar-refractivity contribution >= 4 is 27.8 Å². The summed E-state index contributed by atoms with van der Waals surface area (Å²) in [6.45, 7) is 0. The fraction of sp³-hybridized carbons (Fsp3) is 0.0244. The van der Waals surface area contributed by atoms with Gasteiger partial charge in [-0.15, -0.1) is 0 Å². The van der Waals surface area contributed by atoms with Crippen molar-refractivity contribution in [1.82, 2.24) is 0 Å². The minimum atomic E-state index is 0.967. The number of rotatable bonds is 5. The van der Waals surface area contributed by atoms with Crippen molar-refractivity contribution in [2.24, 2.45) is 0 Å². The monoisotopic (exact) mass is 535 g/mol. The molecule has 0 spiro atoms. The molecule has 42 heavy (non-hydrogen) atoms. The Morgan fingerprint density at radius 3 is 1.67 bits per heavy atom. The number of hydrogen-bond donors (Lipinski definition) is 0. The predicted molar refractivity (Wildman–Crippen MR) is 178 cm³/mol. The number of hydrogen-bond acceptors (Lipinski definition) is 1. The molecule has 0 N–H and O–H groups in total. The van der Waals surface area contributed by atoms with Crippen molar-refractivity contribution in [3.63, 3.8) is 0 Å². The number of para-hydroxylation sites is 2. The van der Waals surface area contributed by atoms with Gasteiger partial charge < -0.3 is 4.90 Å². The second-order valence-corrected chi connectivity index (χ2v) is 11.0. The minimum absolute atomic E-state index is 0.967. The minimum Gasteiger partial charge on any atom is -0.310 e. The van der Waals surface area contributed by atoms with Gasteiger partial charge in [0.05, 0.1) is 0 Å². The van der Waals surface area contributed by atoms with Gasteiger partial charge in [-0.1, -0.05) is 115 Å². The highest BCUT2D eigenvalue weighted by Gasteiger charge is 2.20. The molecule has 0 radical (unpaired) electrons. The molecule has 0 heterocycles. The van der Waals surface area contributed by atoms with Crippen LogP contribution in [0.2, 0.25) is 0 Å². The molecule has 1 nitrogen and oxygen atoms in total. The first-order valence-corrected chi connectivity index (χ1v) is 14.6. The second kappa shape index (κ2) is 10.2. The molecule has 1 heteroatoms. The third-order valence-electron chi connectivity index (χ3n) is 8.42. The third-order valence-corrected chi connectivity index (χ3v) is 8.42. The van der Waals surface area contributed by atoms with Gasteiger partial charge in [-0.3, -0.25) is 0 Å². The van der Waals surface area contributed by atoms with E-state index in [-0.39, 0.29) is 0 Å². The molecular formula is C41H29N. The van der Waals surface area contributed by atoms with Gasteiger partial charge in [0.15, 0.2) is 0 Å². The first kappa shape index (κ1) is 24.4. The average Bonchev–Trinajstić information content (AvgIpc) is 3.06. The quantitative estimate of drug-likeness (QED) is 0.212. The van der Waals surface area contributed by atoms with Crippen LogP contribution in [-0.2, 0) is 6.42 Å². The van der Waals surface area contributed by atoms with Crippen molar-refractivity contribution < 1.29 is 0 Å². The molecule has 1 aliphatic rings. The molecule has 0 aromatic heterocycles.